The number of ether oxygens (including phenoxy) is 3. The predicted octanol–water partition coefficient (Wildman–Crippen LogP) is 3.04. The molecule has 0 aliphatic heterocycles. The van der Waals surface area contributed by atoms with Gasteiger partial charge in [-0.2, -0.15) is 43.9 Å². The average molecular weight is 531 g/mol. The molecule has 0 rings (SSSR count). The summed E-state index contributed by atoms with van der Waals surface area (Å²) in [5.41, 5.74) is -2.55. The van der Waals surface area contributed by atoms with E-state index in [1.54, 1.807) is 0 Å². The SMILES string of the molecule is C=C(C(=O)OC(OCCCC(F)(F)C(F)(F)S(=O)(=O)[O-])(C(=O)OCC)C(F)(F)F)C(F)(F)F. The summed E-state index contributed by atoms with van der Waals surface area (Å²) in [6.07, 6.45) is -15.8. The van der Waals surface area contributed by atoms with Crippen LogP contribution in [0.3, 0.4) is 0 Å². The number of hydrogen-bond donors (Lipinski definition) is 0. The summed E-state index contributed by atoms with van der Waals surface area (Å²) in [7, 11) is -6.92. The second-order valence-electron chi connectivity index (χ2n) is 5.83. The van der Waals surface area contributed by atoms with E-state index in [-0.39, 0.29) is 0 Å². The Kier molecular flexibility index (Phi) is 9.35. The highest BCUT2D eigenvalue weighted by Crippen LogP contribution is 2.42. The maximum absolute atomic E-state index is 13.5. The largest absolute Gasteiger partial charge is 0.743 e. The van der Waals surface area contributed by atoms with Crippen molar-refractivity contribution in [2.45, 2.75) is 49.1 Å². The summed E-state index contributed by atoms with van der Waals surface area (Å²) < 4.78 is 173. The van der Waals surface area contributed by atoms with Gasteiger partial charge in [0.25, 0.3) is 0 Å². The van der Waals surface area contributed by atoms with E-state index in [1.165, 1.54) is 0 Å². The van der Waals surface area contributed by atoms with Gasteiger partial charge in [0.2, 0.25) is 0 Å². The number of carbonyl (C=O) groups excluding carboxylic acids is 2. The third kappa shape index (κ3) is 6.92. The van der Waals surface area contributed by atoms with E-state index in [0.29, 0.717) is 0 Å². The first-order chi connectivity index (χ1) is 14.5. The molecule has 0 bridgehead atoms. The summed E-state index contributed by atoms with van der Waals surface area (Å²) in [5, 5.41) is -6.20. The van der Waals surface area contributed by atoms with Gasteiger partial charge in [-0.25, -0.2) is 18.0 Å². The lowest BCUT2D eigenvalue weighted by molar-refractivity contribution is -0.355. The van der Waals surface area contributed by atoms with Crippen molar-refractivity contribution < 1.29 is 80.7 Å². The fraction of sp³-hybridized carbons (Fsp3) is 0.714. The van der Waals surface area contributed by atoms with Crippen molar-refractivity contribution in [2.75, 3.05) is 13.2 Å². The molecule has 0 fully saturated rings. The quantitative estimate of drug-likeness (QED) is 0.0997. The molecule has 19 heteroatoms. The van der Waals surface area contributed by atoms with E-state index in [9.17, 15) is 66.5 Å². The molecule has 0 saturated carbocycles. The normalized spacial score (nSPS) is 15.5. The van der Waals surface area contributed by atoms with E-state index < -0.39 is 83.0 Å². The Morgan fingerprint density at radius 1 is 0.970 bits per heavy atom. The van der Waals surface area contributed by atoms with Gasteiger partial charge in [-0.05, 0) is 13.3 Å². The van der Waals surface area contributed by atoms with Crippen LogP contribution in [0.15, 0.2) is 12.2 Å². The van der Waals surface area contributed by atoms with E-state index in [0.717, 1.165) is 6.92 Å². The van der Waals surface area contributed by atoms with Gasteiger partial charge in [-0.3, -0.25) is 0 Å². The minimum Gasteiger partial charge on any atom is -0.743 e. The number of halogens is 10. The first-order valence-corrected chi connectivity index (χ1v) is 9.47. The van der Waals surface area contributed by atoms with Gasteiger partial charge in [0.1, 0.15) is 5.57 Å². The standard InChI is InChI=1S/C14H14F10O8S/c1-3-30-9(26)11(13(20,21)22,32-8(25)7(2)12(17,18)19)31-6-4-5-10(15,16)14(23,24)33(27,28)29/h2-6H2,1H3,(H,27,28,29)/p-1. The Hall–Kier alpha value is -2.15. The van der Waals surface area contributed by atoms with E-state index in [2.05, 4.69) is 20.8 Å². The Bertz CT molecular complexity index is 849. The van der Waals surface area contributed by atoms with E-state index in [4.69, 9.17) is 0 Å². The Labute approximate surface area is 178 Å². The van der Waals surface area contributed by atoms with Gasteiger partial charge in [-0.15, -0.1) is 0 Å². The number of rotatable bonds is 11. The summed E-state index contributed by atoms with van der Waals surface area (Å²) in [4.78, 5) is 23.2. The molecule has 0 aliphatic rings. The van der Waals surface area contributed by atoms with Crippen LogP contribution in [-0.2, 0) is 33.9 Å². The third-order valence-electron chi connectivity index (χ3n) is 3.42. The molecule has 0 N–H and O–H groups in total. The fourth-order valence-corrected chi connectivity index (χ4v) is 2.23. The zero-order valence-electron chi connectivity index (χ0n) is 16.0. The van der Waals surface area contributed by atoms with Crippen molar-refractivity contribution in [2.24, 2.45) is 0 Å². The second kappa shape index (κ2) is 10.00. The molecule has 0 saturated heterocycles. The lowest BCUT2D eigenvalue weighted by Crippen LogP contribution is -2.58. The monoisotopic (exact) mass is 531 g/mol. The van der Waals surface area contributed by atoms with Crippen molar-refractivity contribution in [1.82, 2.24) is 0 Å². The predicted molar refractivity (Wildman–Crippen MR) is 81.5 cm³/mol. The molecule has 0 heterocycles. The molecule has 0 aromatic rings. The van der Waals surface area contributed by atoms with Gasteiger partial charge in [0.05, 0.1) is 13.2 Å². The molecule has 0 aliphatic carbocycles. The van der Waals surface area contributed by atoms with Crippen LogP contribution in [0.1, 0.15) is 19.8 Å². The molecule has 1 atom stereocenters. The van der Waals surface area contributed by atoms with Crippen LogP contribution < -0.4 is 0 Å². The summed E-state index contributed by atoms with van der Waals surface area (Å²) in [6.45, 7) is 0.299. The van der Waals surface area contributed by atoms with Crippen LogP contribution in [-0.4, -0.2) is 67.4 Å². The minimum atomic E-state index is -6.92. The minimum absolute atomic E-state index is 0.885. The Morgan fingerprint density at radius 2 is 1.45 bits per heavy atom. The Morgan fingerprint density at radius 3 is 1.82 bits per heavy atom. The number of esters is 2. The fourth-order valence-electron chi connectivity index (χ4n) is 1.76. The van der Waals surface area contributed by atoms with Crippen molar-refractivity contribution >= 4 is 22.1 Å². The maximum atomic E-state index is 13.5. The lowest BCUT2D eigenvalue weighted by Gasteiger charge is -2.33. The molecule has 0 spiro atoms. The number of carbonyl (C=O) groups is 2. The third-order valence-corrected chi connectivity index (χ3v) is 4.35. The number of alkyl halides is 10. The number of hydrogen-bond acceptors (Lipinski definition) is 8. The van der Waals surface area contributed by atoms with Crippen LogP contribution in [0.2, 0.25) is 0 Å². The highest BCUT2D eigenvalue weighted by molar-refractivity contribution is 7.86. The molecule has 0 radical (unpaired) electrons. The van der Waals surface area contributed by atoms with Crippen LogP contribution in [0.4, 0.5) is 43.9 Å². The molecular weight excluding hydrogens is 518 g/mol. The molecule has 1 unspecified atom stereocenters. The van der Waals surface area contributed by atoms with Crippen molar-refractivity contribution in [3.8, 4) is 0 Å². The van der Waals surface area contributed by atoms with Crippen molar-refractivity contribution in [1.29, 1.82) is 0 Å². The van der Waals surface area contributed by atoms with E-state index in [1.807, 2.05) is 0 Å². The summed E-state index contributed by atoms with van der Waals surface area (Å²) in [6, 6.07) is 0. The molecule has 0 aromatic heterocycles. The molecule has 33 heavy (non-hydrogen) atoms. The molecule has 0 amide bonds. The van der Waals surface area contributed by atoms with Crippen LogP contribution in [0, 0.1) is 0 Å². The molecule has 8 nitrogen and oxygen atoms in total. The highest BCUT2D eigenvalue weighted by atomic mass is 32.2. The zero-order chi connectivity index (χ0) is 26.7. The van der Waals surface area contributed by atoms with Crippen LogP contribution >= 0.6 is 0 Å². The first-order valence-electron chi connectivity index (χ1n) is 8.06. The van der Waals surface area contributed by atoms with Gasteiger partial charge in [-0.1, -0.05) is 6.58 Å². The van der Waals surface area contributed by atoms with Gasteiger partial charge >= 0.3 is 41.3 Å². The molecule has 0 aromatic carbocycles. The average Bonchev–Trinajstić information content (AvgIpc) is 2.60. The smallest absolute Gasteiger partial charge is 0.468 e. The topological polar surface area (TPSA) is 119 Å². The molecular formula is C14H13F10O8S-. The van der Waals surface area contributed by atoms with Crippen molar-refractivity contribution in [3.63, 3.8) is 0 Å². The second-order valence-corrected chi connectivity index (χ2v) is 7.25. The van der Waals surface area contributed by atoms with Crippen LogP contribution in [0.25, 0.3) is 0 Å². The van der Waals surface area contributed by atoms with E-state index >= 15 is 0 Å². The maximum Gasteiger partial charge on any atom is 0.468 e. The summed E-state index contributed by atoms with van der Waals surface area (Å²) >= 11 is 0. The zero-order valence-corrected chi connectivity index (χ0v) is 16.8. The Balaban J connectivity index is 5.89. The van der Waals surface area contributed by atoms with Gasteiger partial charge < -0.3 is 18.8 Å². The van der Waals surface area contributed by atoms with Gasteiger partial charge in [0, 0.05) is 6.42 Å². The van der Waals surface area contributed by atoms with Crippen molar-refractivity contribution in [3.05, 3.63) is 12.2 Å². The van der Waals surface area contributed by atoms with Gasteiger partial charge in [0.15, 0.2) is 10.1 Å². The molecule has 194 valence electrons. The summed E-state index contributed by atoms with van der Waals surface area (Å²) in [5.74, 6) is -16.2. The first kappa shape index (κ1) is 30.9. The van der Waals surface area contributed by atoms with Crippen LogP contribution in [0.5, 0.6) is 0 Å². The lowest BCUT2D eigenvalue weighted by atomic mass is 10.2. The highest BCUT2D eigenvalue weighted by Gasteiger charge is 2.68.